The topological polar surface area (TPSA) is 679 Å². The van der Waals surface area contributed by atoms with Crippen LogP contribution < -0.4 is 86.7 Å². The number of H-pyrrole nitrogens is 2. The molecule has 15 atom stereocenters. The minimum absolute atomic E-state index is 0.0137. The van der Waals surface area contributed by atoms with E-state index in [4.69, 9.17) is 38.2 Å². The molecule has 1 aliphatic rings. The van der Waals surface area contributed by atoms with Crippen molar-refractivity contribution in [1.82, 2.24) is 93.1 Å². The van der Waals surface area contributed by atoms with Gasteiger partial charge in [-0.3, -0.25) is 86.9 Å². The molecule has 45 heteroatoms. The maximum atomic E-state index is 15.5. The highest BCUT2D eigenvalue weighted by Gasteiger charge is 2.41. The van der Waals surface area contributed by atoms with Crippen LogP contribution in [0.3, 0.4) is 0 Å². The number of rotatable bonds is 29. The van der Waals surface area contributed by atoms with Crippen LogP contribution in [0, 0.1) is 23.2 Å². The molecule has 6 aromatic rings. The summed E-state index contributed by atoms with van der Waals surface area (Å²) >= 11 is 0. The van der Waals surface area contributed by atoms with Gasteiger partial charge in [0.25, 0.3) is 5.97 Å². The number of nitrogens with one attached hydrogen (secondary N) is 15. The second kappa shape index (κ2) is 51.0. The summed E-state index contributed by atoms with van der Waals surface area (Å²) in [5.74, 6) is -20.9. The van der Waals surface area contributed by atoms with Crippen LogP contribution in [0.15, 0.2) is 97.7 Å². The highest BCUT2D eigenvalue weighted by Crippen LogP contribution is 2.28. The molecular weight excluding hydrogens is 1730 g/mol. The van der Waals surface area contributed by atoms with E-state index in [1.165, 1.54) is 45.7 Å². The Morgan fingerprint density at radius 1 is 0.646 bits per heavy atom. The number of hydrogen-bond donors (Lipinski definition) is 22. The van der Waals surface area contributed by atoms with Crippen molar-refractivity contribution < 1.29 is 96.8 Å². The van der Waals surface area contributed by atoms with Gasteiger partial charge in [0.15, 0.2) is 5.96 Å². The average molecular weight is 1850 g/mol. The van der Waals surface area contributed by atoms with Gasteiger partial charge >= 0.3 is 5.97 Å². The van der Waals surface area contributed by atoms with Gasteiger partial charge < -0.3 is 126 Å². The number of imidazole rings is 1. The molecule has 26 N–H and O–H groups in total. The lowest BCUT2D eigenvalue weighted by atomic mass is 9.97. The highest BCUT2D eigenvalue weighted by molar-refractivity contribution is 8.76. The quantitative estimate of drug-likeness (QED) is 0.0105. The van der Waals surface area contributed by atoms with Crippen LogP contribution in [0.5, 0.6) is 5.75 Å². The third-order valence-electron chi connectivity index (χ3n) is 21.6. The van der Waals surface area contributed by atoms with Crippen LogP contribution in [-0.2, 0) is 114 Å². The summed E-state index contributed by atoms with van der Waals surface area (Å²) < 4.78 is 1.75. The number of carboxylic acid groups (broad SMARTS) is 2. The van der Waals surface area contributed by atoms with E-state index in [2.05, 4.69) is 78.8 Å². The summed E-state index contributed by atoms with van der Waals surface area (Å²) in [6, 6.07) is -1.05. The van der Waals surface area contributed by atoms with E-state index >= 15 is 28.8 Å². The van der Waals surface area contributed by atoms with Gasteiger partial charge in [-0.2, -0.15) is 0 Å². The number of hydrogen-bond acceptors (Lipinski definition) is 23. The molecule has 0 unspecified atom stereocenters. The minimum atomic E-state index is -2.07. The summed E-state index contributed by atoms with van der Waals surface area (Å²) in [5.41, 5.74) is 26.7. The lowest BCUT2D eigenvalue weighted by Gasteiger charge is -2.33. The fourth-order valence-corrected chi connectivity index (χ4v) is 16.5. The van der Waals surface area contributed by atoms with Crippen molar-refractivity contribution in [2.24, 2.45) is 47.7 Å². The van der Waals surface area contributed by atoms with Gasteiger partial charge in [-0.05, 0) is 91.3 Å². The third kappa shape index (κ3) is 32.5. The summed E-state index contributed by atoms with van der Waals surface area (Å²) in [4.78, 5) is 254. The Kier molecular flexibility index (Phi) is 41.4. The Hall–Kier alpha value is -13.3. The smallest absolute Gasteiger partial charge is 0.305 e. The van der Waals surface area contributed by atoms with Crippen molar-refractivity contribution in [2.45, 2.75) is 205 Å². The van der Waals surface area contributed by atoms with E-state index in [1.54, 1.807) is 126 Å². The van der Waals surface area contributed by atoms with Crippen LogP contribution in [0.4, 0.5) is 0 Å². The average Bonchev–Trinajstić information content (AvgIpc) is 1.65. The van der Waals surface area contributed by atoms with Crippen molar-refractivity contribution in [1.29, 1.82) is 5.41 Å². The number of nitrogens with two attached hydrogens (primary N) is 4. The van der Waals surface area contributed by atoms with Gasteiger partial charge in [0.05, 0.1) is 25.3 Å². The van der Waals surface area contributed by atoms with Crippen molar-refractivity contribution in [3.63, 3.8) is 0 Å². The standard InChI is InChI=1S/C83H117N23O18S2.C2H4O2/c1-11-43(5)68(103-72(114)53(84)30-46-23-25-50(107)26-24-46)80(122)100-61-39-125-126-40-62(82(124)106(10)69(70(86)112)44(6)12-2)101-73(115)55(21-17-29-90-83(87)88)94-76(118)58(33-49-36-89-41-92-49)96-71(113)45(7)93-65(109)38-105(9)81(123)60(31-47-35-91-54-20-15-13-18-51(47)54)99-77(119)59(34-66(110)111)97-74(116)56(27-28-64(85)108)95-75(117)57(98-79(121)67(42(3)4)102-78(61)120)32-48-37-104(8)63-22-16-14-19-52(48)63;1-2(3)4/h13-16,18-20,22-26,35-37,41-45,53,55-62,67-69,91,107H,11-12,17,21,27-34,38-40,84H2,1-10H3,(H2,85,108)(H2,86,112)(H,89,92)(H,93,109)(H,94,118)(H,95,117)(H,96,113)(H,97,116)(H,98,121)(H,99,119)(H,100,122)(H,101,115)(H,102,120)(H,103,114)(H,110,111)(H4,87,88,90);1H3,(H,3,4)/t43-,44-,45-,53+,55-,56-,57-,58-,59-,60-,61-,62-,67-,68-,69-;/m0./s1. The van der Waals surface area contributed by atoms with Crippen LogP contribution in [0.2, 0.25) is 0 Å². The number of guanidine groups is 1. The predicted octanol–water partition coefficient (Wildman–Crippen LogP) is -1.95. The molecule has 0 saturated carbocycles. The number of aryl methyl sites for hydroxylation is 1. The molecule has 0 radical (unpaired) electrons. The Balaban J connectivity index is 0.00000637. The fraction of sp³-hybridized carbons (Fsp3) is 0.494. The number of amides is 15. The number of fused-ring (bicyclic) bond motifs is 2. The maximum Gasteiger partial charge on any atom is 0.305 e. The SMILES string of the molecule is CC(=O)O.CC[C@H](C)[C@H](NC(=O)[C@H](N)Cc1ccc(O)cc1)C(=O)N[C@H]1CSSC[C@@H](C(=O)N(C)[C@H](C(N)=O)[C@@H](C)CC)NC(=O)[C@H](CCCNC(=N)N)NC(=O)[C@H](Cc2cnc[nH]2)NC(=O)[C@H](C)NC(=O)CN(C)C(=O)[C@H](Cc2c[nH]c3ccccc23)NC(=O)[C@H](CC(=O)O)NC(=O)[C@H](CCC(N)=O)NC(=O)[C@H](Cc2cn(C)c3ccccc23)NC(=O)[C@H](C(C)C)NC1=O. The number of aromatic hydroxyl groups is 1. The fourth-order valence-electron chi connectivity index (χ4n) is 14.2. The summed E-state index contributed by atoms with van der Waals surface area (Å²) in [6.07, 6.45) is 2.85. The first kappa shape index (κ1) is 105. The molecule has 3 aromatic heterocycles. The molecule has 0 spiro atoms. The molecule has 0 bridgehead atoms. The number of carboxylic acids is 2. The second-order valence-corrected chi connectivity index (χ2v) is 34.8. The number of phenols is 1. The van der Waals surface area contributed by atoms with Crippen molar-refractivity contribution in [3.05, 3.63) is 120 Å². The number of phenolic OH excluding ortho intramolecular Hbond substituents is 1. The minimum Gasteiger partial charge on any atom is -0.508 e. The number of primary amides is 2. The number of benzene rings is 3. The lowest BCUT2D eigenvalue weighted by molar-refractivity contribution is -0.142. The molecule has 1 aliphatic heterocycles. The van der Waals surface area contributed by atoms with E-state index in [-0.39, 0.29) is 62.9 Å². The highest BCUT2D eigenvalue weighted by atomic mass is 33.1. The van der Waals surface area contributed by atoms with E-state index in [0.717, 1.165) is 38.3 Å². The van der Waals surface area contributed by atoms with Crippen LogP contribution in [0.25, 0.3) is 21.8 Å². The molecule has 0 aliphatic carbocycles. The molecule has 15 amide bonds. The van der Waals surface area contributed by atoms with E-state index in [1.807, 2.05) is 0 Å². The molecule has 130 heavy (non-hydrogen) atoms. The maximum absolute atomic E-state index is 15.5. The number of likely N-dealkylation sites (N-methyl/N-ethyl adjacent to an activating group) is 2. The number of nitrogens with zero attached hydrogens (tertiary/aromatic N) is 4. The lowest BCUT2D eigenvalue weighted by Crippen LogP contribution is -2.62. The Morgan fingerprint density at radius 2 is 1.21 bits per heavy atom. The van der Waals surface area contributed by atoms with Crippen LogP contribution in [-0.4, -0.2) is 268 Å². The van der Waals surface area contributed by atoms with Gasteiger partial charge in [-0.1, -0.05) is 125 Å². The number of carbonyl (C=O) groups is 17. The van der Waals surface area contributed by atoms with Crippen molar-refractivity contribution in [2.75, 3.05) is 38.7 Å². The van der Waals surface area contributed by atoms with Crippen LogP contribution >= 0.6 is 21.6 Å². The van der Waals surface area contributed by atoms with Gasteiger partial charge in [0.1, 0.15) is 78.3 Å². The third-order valence-corrected chi connectivity index (χ3v) is 24.1. The first-order chi connectivity index (χ1) is 61.4. The zero-order valence-electron chi connectivity index (χ0n) is 74.3. The molecular formula is C85H121N23O20S2. The Labute approximate surface area is 758 Å². The van der Waals surface area contributed by atoms with Gasteiger partial charge in [0.2, 0.25) is 88.6 Å². The number of para-hydroxylation sites is 2. The molecule has 7 rings (SSSR count). The van der Waals surface area contributed by atoms with Gasteiger partial charge in [-0.15, -0.1) is 0 Å². The molecule has 43 nitrogen and oxygen atoms in total. The second-order valence-electron chi connectivity index (χ2n) is 32.2. The summed E-state index contributed by atoms with van der Waals surface area (Å²) in [7, 11) is 5.95. The zero-order valence-corrected chi connectivity index (χ0v) is 75.9. The first-order valence-corrected chi connectivity index (χ1v) is 44.7. The Bertz CT molecular complexity index is 4990. The van der Waals surface area contributed by atoms with Crippen molar-refractivity contribution in [3.8, 4) is 5.75 Å². The number of aliphatic carboxylic acids is 2. The van der Waals surface area contributed by atoms with Gasteiger partial charge in [-0.25, -0.2) is 4.98 Å². The number of carbonyl (C=O) groups excluding carboxylic acids is 15. The number of aromatic amines is 2. The largest absolute Gasteiger partial charge is 0.508 e. The molecule has 1 saturated heterocycles. The van der Waals surface area contributed by atoms with Crippen LogP contribution in [0.1, 0.15) is 123 Å². The van der Waals surface area contributed by atoms with E-state index in [9.17, 15) is 58.2 Å². The Morgan fingerprint density at radius 3 is 1.82 bits per heavy atom. The summed E-state index contributed by atoms with van der Waals surface area (Å²) in [5, 5.41) is 68.2. The number of aromatic nitrogens is 4. The first-order valence-electron chi connectivity index (χ1n) is 42.2. The van der Waals surface area contributed by atoms with Gasteiger partial charge in [0, 0.05) is 118 Å². The molecule has 4 heterocycles. The van der Waals surface area contributed by atoms with E-state index in [0.29, 0.717) is 44.9 Å². The normalized spacial score (nSPS) is 21.4. The monoisotopic (exact) mass is 1850 g/mol. The molecule has 3 aromatic carbocycles. The summed E-state index contributed by atoms with van der Waals surface area (Å²) in [6.45, 7) is 11.4. The van der Waals surface area contributed by atoms with Crippen molar-refractivity contribution >= 4 is 150 Å². The predicted molar refractivity (Wildman–Crippen MR) is 483 cm³/mol. The zero-order chi connectivity index (χ0) is 96.5. The van der Waals surface area contributed by atoms with E-state index < -0.39 is 240 Å². The molecule has 1 fully saturated rings. The molecule has 708 valence electrons.